The molecular formula is C14H25O. The number of allylic oxidation sites excluding steroid dienone is 2. The monoisotopic (exact) mass is 209 g/mol. The minimum Gasteiger partial charge on any atom is -0.291 e. The molecule has 87 valence electrons. The number of hydrogen-bond donors (Lipinski definition) is 0. The maximum Gasteiger partial charge on any atom is 0.198 e. The number of unbranched alkanes of at least 4 members (excludes halogenated alkanes) is 3. The first-order valence-electron chi connectivity index (χ1n) is 6.31. The van der Waals surface area contributed by atoms with Crippen molar-refractivity contribution < 1.29 is 4.79 Å². The summed E-state index contributed by atoms with van der Waals surface area (Å²) < 4.78 is 0. The van der Waals surface area contributed by atoms with Crippen LogP contribution in [0.3, 0.4) is 0 Å². The van der Waals surface area contributed by atoms with E-state index in [0.29, 0.717) is 6.42 Å². The van der Waals surface area contributed by atoms with E-state index >= 15 is 0 Å². The van der Waals surface area contributed by atoms with Crippen molar-refractivity contribution in [1.82, 2.24) is 0 Å². The van der Waals surface area contributed by atoms with Crippen molar-refractivity contribution in [3.8, 4) is 0 Å². The smallest absolute Gasteiger partial charge is 0.198 e. The molecule has 1 nitrogen and oxygen atoms in total. The van der Waals surface area contributed by atoms with Gasteiger partial charge in [0.2, 0.25) is 0 Å². The van der Waals surface area contributed by atoms with Gasteiger partial charge in [-0.25, -0.2) is 0 Å². The van der Waals surface area contributed by atoms with Crippen molar-refractivity contribution >= 4 is 6.29 Å². The predicted molar refractivity (Wildman–Crippen MR) is 66.6 cm³/mol. The third-order valence-electron chi connectivity index (χ3n) is 2.70. The lowest BCUT2D eigenvalue weighted by atomic mass is 9.97. The fourth-order valence-corrected chi connectivity index (χ4v) is 1.71. The van der Waals surface area contributed by atoms with Crippen LogP contribution in [0.2, 0.25) is 0 Å². The van der Waals surface area contributed by atoms with Crippen LogP contribution in [0.5, 0.6) is 0 Å². The maximum atomic E-state index is 10.0. The quantitative estimate of drug-likeness (QED) is 0.384. The van der Waals surface area contributed by atoms with E-state index in [4.69, 9.17) is 0 Å². The standard InChI is InChI=1S/C14H25O/c1-3-4-5-6-7-8-11-14(2)12-9-10-13-15/h4-5,14H,3,6-12H2,1-2H3/b5-4+. The first-order valence-corrected chi connectivity index (χ1v) is 6.31. The molecule has 1 radical (unpaired) electrons. The van der Waals surface area contributed by atoms with Gasteiger partial charge in [-0.1, -0.05) is 45.3 Å². The van der Waals surface area contributed by atoms with Crippen LogP contribution in [-0.4, -0.2) is 6.29 Å². The molecule has 0 aromatic heterocycles. The lowest BCUT2D eigenvalue weighted by molar-refractivity contribution is 0.453. The molecule has 0 fully saturated rings. The summed E-state index contributed by atoms with van der Waals surface area (Å²) in [5, 5.41) is 0. The summed E-state index contributed by atoms with van der Waals surface area (Å²) in [6.07, 6.45) is 15.6. The Morgan fingerprint density at radius 1 is 1.13 bits per heavy atom. The van der Waals surface area contributed by atoms with Crippen molar-refractivity contribution in [3.05, 3.63) is 12.2 Å². The third kappa shape index (κ3) is 11.3. The second-order valence-corrected chi connectivity index (χ2v) is 4.31. The van der Waals surface area contributed by atoms with Crippen molar-refractivity contribution in [2.75, 3.05) is 0 Å². The molecule has 0 heterocycles. The highest BCUT2D eigenvalue weighted by Gasteiger charge is 2.00. The molecule has 1 heteroatoms. The fourth-order valence-electron chi connectivity index (χ4n) is 1.71. The van der Waals surface area contributed by atoms with Crippen LogP contribution in [0.25, 0.3) is 0 Å². The highest BCUT2D eigenvalue weighted by atomic mass is 16.1. The van der Waals surface area contributed by atoms with Gasteiger partial charge in [0.15, 0.2) is 6.29 Å². The van der Waals surface area contributed by atoms with E-state index in [9.17, 15) is 4.79 Å². The zero-order chi connectivity index (χ0) is 11.4. The normalized spacial score (nSPS) is 13.2. The summed E-state index contributed by atoms with van der Waals surface area (Å²) in [5.74, 6) is 0.772. The maximum absolute atomic E-state index is 10.0. The topological polar surface area (TPSA) is 17.1 Å². The van der Waals surface area contributed by atoms with E-state index in [2.05, 4.69) is 26.0 Å². The van der Waals surface area contributed by atoms with Gasteiger partial charge in [-0.3, -0.25) is 4.79 Å². The molecule has 0 aliphatic rings. The van der Waals surface area contributed by atoms with Crippen LogP contribution in [-0.2, 0) is 4.79 Å². The molecule has 0 saturated carbocycles. The van der Waals surface area contributed by atoms with Gasteiger partial charge in [-0.05, 0) is 31.6 Å². The number of carbonyl (C=O) groups excluding carboxylic acids is 1. The Morgan fingerprint density at radius 3 is 2.53 bits per heavy atom. The van der Waals surface area contributed by atoms with Gasteiger partial charge in [-0.2, -0.15) is 0 Å². The van der Waals surface area contributed by atoms with Crippen LogP contribution in [0.15, 0.2) is 12.2 Å². The Bertz CT molecular complexity index is 161. The molecule has 0 aliphatic heterocycles. The number of hydrogen-bond acceptors (Lipinski definition) is 1. The van der Waals surface area contributed by atoms with Crippen molar-refractivity contribution in [1.29, 1.82) is 0 Å². The molecule has 0 saturated heterocycles. The lowest BCUT2D eigenvalue weighted by Gasteiger charge is -2.08. The van der Waals surface area contributed by atoms with E-state index in [0.717, 1.165) is 18.8 Å². The van der Waals surface area contributed by atoms with E-state index in [1.807, 2.05) is 6.29 Å². The largest absolute Gasteiger partial charge is 0.291 e. The van der Waals surface area contributed by atoms with Gasteiger partial charge in [-0.15, -0.1) is 0 Å². The van der Waals surface area contributed by atoms with E-state index < -0.39 is 0 Å². The van der Waals surface area contributed by atoms with Gasteiger partial charge < -0.3 is 0 Å². The van der Waals surface area contributed by atoms with Crippen molar-refractivity contribution in [2.45, 2.75) is 65.2 Å². The second kappa shape index (κ2) is 11.5. The minimum atomic E-state index is 0.615. The van der Waals surface area contributed by atoms with Crippen LogP contribution in [0, 0.1) is 5.92 Å². The molecule has 0 aromatic rings. The van der Waals surface area contributed by atoms with Gasteiger partial charge in [0.05, 0.1) is 0 Å². The molecule has 0 N–H and O–H groups in total. The van der Waals surface area contributed by atoms with Crippen LogP contribution in [0.4, 0.5) is 0 Å². The zero-order valence-electron chi connectivity index (χ0n) is 10.3. The second-order valence-electron chi connectivity index (χ2n) is 4.31. The van der Waals surface area contributed by atoms with E-state index in [1.165, 1.54) is 32.1 Å². The average Bonchev–Trinajstić information content (AvgIpc) is 2.23. The Balaban J connectivity index is 3.19. The average molecular weight is 209 g/mol. The molecule has 0 bridgehead atoms. The Kier molecular flexibility index (Phi) is 11.0. The Hall–Kier alpha value is -0.590. The molecule has 0 rings (SSSR count). The molecule has 1 unspecified atom stereocenters. The summed E-state index contributed by atoms with van der Waals surface area (Å²) in [5.41, 5.74) is 0. The highest BCUT2D eigenvalue weighted by Crippen LogP contribution is 2.15. The van der Waals surface area contributed by atoms with Gasteiger partial charge in [0.1, 0.15) is 0 Å². The molecule has 0 spiro atoms. The summed E-state index contributed by atoms with van der Waals surface area (Å²) in [6, 6.07) is 0. The van der Waals surface area contributed by atoms with Gasteiger partial charge in [0.25, 0.3) is 0 Å². The van der Waals surface area contributed by atoms with Crippen molar-refractivity contribution in [2.24, 2.45) is 5.92 Å². The van der Waals surface area contributed by atoms with Crippen LogP contribution < -0.4 is 0 Å². The highest BCUT2D eigenvalue weighted by molar-refractivity contribution is 5.50. The molecule has 1 atom stereocenters. The summed E-state index contributed by atoms with van der Waals surface area (Å²) in [6.45, 7) is 4.45. The fraction of sp³-hybridized carbons (Fsp3) is 0.786. The van der Waals surface area contributed by atoms with Crippen LogP contribution in [0.1, 0.15) is 65.2 Å². The molecule has 15 heavy (non-hydrogen) atoms. The Labute approximate surface area is 95.0 Å². The first kappa shape index (κ1) is 14.4. The van der Waals surface area contributed by atoms with E-state index in [1.54, 1.807) is 0 Å². The van der Waals surface area contributed by atoms with Gasteiger partial charge >= 0.3 is 0 Å². The number of rotatable bonds is 10. The molecular weight excluding hydrogens is 184 g/mol. The minimum absolute atomic E-state index is 0.615. The zero-order valence-corrected chi connectivity index (χ0v) is 10.3. The lowest BCUT2D eigenvalue weighted by Crippen LogP contribution is -1.94. The predicted octanol–water partition coefficient (Wildman–Crippen LogP) is 4.43. The molecule has 0 aliphatic carbocycles. The van der Waals surface area contributed by atoms with Crippen LogP contribution >= 0.6 is 0 Å². The summed E-state index contributed by atoms with van der Waals surface area (Å²) in [4.78, 5) is 10.0. The third-order valence-corrected chi connectivity index (χ3v) is 2.70. The summed E-state index contributed by atoms with van der Waals surface area (Å²) >= 11 is 0. The Morgan fingerprint density at radius 2 is 1.87 bits per heavy atom. The first-order chi connectivity index (χ1) is 7.31. The van der Waals surface area contributed by atoms with Crippen molar-refractivity contribution in [3.63, 3.8) is 0 Å². The SMILES string of the molecule is CC/C=C/CCCCC(C)CCC[C]=O. The summed E-state index contributed by atoms with van der Waals surface area (Å²) in [7, 11) is 0. The van der Waals surface area contributed by atoms with E-state index in [-0.39, 0.29) is 0 Å². The van der Waals surface area contributed by atoms with Gasteiger partial charge in [0, 0.05) is 6.42 Å². The molecule has 0 amide bonds. The molecule has 0 aromatic carbocycles.